The minimum absolute atomic E-state index is 0.0907. The summed E-state index contributed by atoms with van der Waals surface area (Å²) in [5.41, 5.74) is 6.85. The average molecular weight is 290 g/mol. The predicted molar refractivity (Wildman–Crippen MR) is 77.2 cm³/mol. The predicted octanol–water partition coefficient (Wildman–Crippen LogP) is 2.90. The van der Waals surface area contributed by atoms with Gasteiger partial charge in [0.25, 0.3) is 0 Å². The van der Waals surface area contributed by atoms with E-state index in [-0.39, 0.29) is 11.9 Å². The van der Waals surface area contributed by atoms with Crippen LogP contribution in [0.3, 0.4) is 0 Å². The molecule has 4 nitrogen and oxygen atoms in total. The highest BCUT2D eigenvalue weighted by molar-refractivity contribution is 6.42. The largest absolute Gasteiger partial charge is 0.397 e. The second kappa shape index (κ2) is 6.16. The highest BCUT2D eigenvalue weighted by Crippen LogP contribution is 2.30. The lowest BCUT2D eigenvalue weighted by Crippen LogP contribution is -2.41. The standard InChI is InChI=1S/C12H17Cl2N3O/c1-6(2)16-12(18)7(3)17-11-5-9(14)8(13)4-10(11)15/h4-7,17H,15H2,1-3H3,(H,16,18). The van der Waals surface area contributed by atoms with Crippen molar-refractivity contribution in [3.8, 4) is 0 Å². The summed E-state index contributed by atoms with van der Waals surface area (Å²) in [5.74, 6) is -0.101. The van der Waals surface area contributed by atoms with Gasteiger partial charge in [0, 0.05) is 6.04 Å². The van der Waals surface area contributed by atoms with Crippen LogP contribution in [-0.2, 0) is 4.79 Å². The molecule has 4 N–H and O–H groups in total. The van der Waals surface area contributed by atoms with Crippen LogP contribution < -0.4 is 16.4 Å². The summed E-state index contributed by atoms with van der Waals surface area (Å²) in [5, 5.41) is 6.59. The maximum Gasteiger partial charge on any atom is 0.242 e. The van der Waals surface area contributed by atoms with Crippen molar-refractivity contribution in [2.45, 2.75) is 32.9 Å². The highest BCUT2D eigenvalue weighted by atomic mass is 35.5. The summed E-state index contributed by atoms with van der Waals surface area (Å²) >= 11 is 11.7. The molecule has 0 fully saturated rings. The molecular formula is C12H17Cl2N3O. The Balaban J connectivity index is 2.79. The van der Waals surface area contributed by atoms with Gasteiger partial charge in [0.05, 0.1) is 21.4 Å². The van der Waals surface area contributed by atoms with Crippen LogP contribution >= 0.6 is 23.2 Å². The topological polar surface area (TPSA) is 67.2 Å². The molecule has 0 aliphatic rings. The van der Waals surface area contributed by atoms with E-state index in [1.807, 2.05) is 13.8 Å². The van der Waals surface area contributed by atoms with Crippen LogP contribution in [0, 0.1) is 0 Å². The Kier molecular flexibility index (Phi) is 5.11. The lowest BCUT2D eigenvalue weighted by Gasteiger charge is -2.18. The van der Waals surface area contributed by atoms with Gasteiger partial charge < -0.3 is 16.4 Å². The average Bonchev–Trinajstić information content (AvgIpc) is 2.24. The van der Waals surface area contributed by atoms with Crippen molar-refractivity contribution in [2.24, 2.45) is 0 Å². The second-order valence-corrected chi connectivity index (χ2v) is 5.20. The first-order valence-corrected chi connectivity index (χ1v) is 6.38. The van der Waals surface area contributed by atoms with Crippen LogP contribution in [-0.4, -0.2) is 18.0 Å². The SMILES string of the molecule is CC(C)NC(=O)C(C)Nc1cc(Cl)c(Cl)cc1N. The van der Waals surface area contributed by atoms with Gasteiger partial charge in [-0.25, -0.2) is 0 Å². The molecule has 1 amide bonds. The van der Waals surface area contributed by atoms with E-state index in [4.69, 9.17) is 28.9 Å². The summed E-state index contributed by atoms with van der Waals surface area (Å²) < 4.78 is 0. The van der Waals surface area contributed by atoms with Gasteiger partial charge in [0.15, 0.2) is 0 Å². The van der Waals surface area contributed by atoms with E-state index in [0.29, 0.717) is 21.4 Å². The number of rotatable bonds is 4. The van der Waals surface area contributed by atoms with Crippen molar-refractivity contribution in [1.29, 1.82) is 0 Å². The molecule has 0 heterocycles. The van der Waals surface area contributed by atoms with Crippen molar-refractivity contribution in [3.63, 3.8) is 0 Å². The van der Waals surface area contributed by atoms with Crippen LogP contribution in [0.1, 0.15) is 20.8 Å². The molecule has 0 bridgehead atoms. The zero-order valence-electron chi connectivity index (χ0n) is 10.6. The molecule has 1 unspecified atom stereocenters. The van der Waals surface area contributed by atoms with Crippen LogP contribution in [0.4, 0.5) is 11.4 Å². The van der Waals surface area contributed by atoms with Gasteiger partial charge in [-0.3, -0.25) is 4.79 Å². The Labute approximate surface area is 117 Å². The maximum absolute atomic E-state index is 11.7. The molecule has 1 atom stereocenters. The van der Waals surface area contributed by atoms with Crippen LogP contribution in [0.25, 0.3) is 0 Å². The minimum Gasteiger partial charge on any atom is -0.397 e. The Morgan fingerprint density at radius 1 is 1.22 bits per heavy atom. The van der Waals surface area contributed by atoms with Gasteiger partial charge in [0.1, 0.15) is 6.04 Å². The molecule has 0 saturated carbocycles. The number of benzene rings is 1. The number of halogens is 2. The number of hydrogen-bond donors (Lipinski definition) is 3. The zero-order chi connectivity index (χ0) is 13.9. The van der Waals surface area contributed by atoms with E-state index in [9.17, 15) is 4.79 Å². The molecule has 0 aromatic heterocycles. The van der Waals surface area contributed by atoms with E-state index in [0.717, 1.165) is 0 Å². The Morgan fingerprint density at radius 3 is 2.33 bits per heavy atom. The van der Waals surface area contributed by atoms with Gasteiger partial charge in [0.2, 0.25) is 5.91 Å². The van der Waals surface area contributed by atoms with Crippen LogP contribution in [0.5, 0.6) is 0 Å². The molecule has 1 rings (SSSR count). The lowest BCUT2D eigenvalue weighted by atomic mass is 10.2. The third kappa shape index (κ3) is 3.96. The Morgan fingerprint density at radius 2 is 1.78 bits per heavy atom. The molecule has 0 saturated heterocycles. The number of nitrogens with one attached hydrogen (secondary N) is 2. The molecule has 0 spiro atoms. The van der Waals surface area contributed by atoms with Crippen molar-refractivity contribution in [3.05, 3.63) is 22.2 Å². The van der Waals surface area contributed by atoms with Gasteiger partial charge in [-0.05, 0) is 32.9 Å². The first-order chi connectivity index (χ1) is 8.31. The lowest BCUT2D eigenvalue weighted by molar-refractivity contribution is -0.122. The van der Waals surface area contributed by atoms with Gasteiger partial charge in [-0.2, -0.15) is 0 Å². The van der Waals surface area contributed by atoms with Crippen molar-refractivity contribution < 1.29 is 4.79 Å². The molecular weight excluding hydrogens is 273 g/mol. The smallest absolute Gasteiger partial charge is 0.242 e. The van der Waals surface area contributed by atoms with Crippen LogP contribution in [0.2, 0.25) is 10.0 Å². The van der Waals surface area contributed by atoms with Gasteiger partial charge >= 0.3 is 0 Å². The molecule has 18 heavy (non-hydrogen) atoms. The third-order valence-corrected chi connectivity index (χ3v) is 3.01. The number of amides is 1. The highest BCUT2D eigenvalue weighted by Gasteiger charge is 2.15. The van der Waals surface area contributed by atoms with E-state index >= 15 is 0 Å². The van der Waals surface area contributed by atoms with E-state index in [2.05, 4.69) is 10.6 Å². The third-order valence-electron chi connectivity index (χ3n) is 2.29. The summed E-state index contributed by atoms with van der Waals surface area (Å²) in [7, 11) is 0. The molecule has 0 aliphatic heterocycles. The fourth-order valence-electron chi connectivity index (χ4n) is 1.40. The molecule has 1 aromatic rings. The Hall–Kier alpha value is -1.13. The summed E-state index contributed by atoms with van der Waals surface area (Å²) in [4.78, 5) is 11.7. The second-order valence-electron chi connectivity index (χ2n) is 4.38. The first kappa shape index (κ1) is 14.9. The number of nitrogen functional groups attached to an aromatic ring is 1. The molecule has 1 aromatic carbocycles. The fraction of sp³-hybridized carbons (Fsp3) is 0.417. The quantitative estimate of drug-likeness (QED) is 0.747. The van der Waals surface area contributed by atoms with Crippen molar-refractivity contribution >= 4 is 40.5 Å². The number of carbonyl (C=O) groups excluding carboxylic acids is 1. The Bertz CT molecular complexity index is 449. The van der Waals surface area contributed by atoms with Crippen molar-refractivity contribution in [2.75, 3.05) is 11.1 Å². The van der Waals surface area contributed by atoms with Gasteiger partial charge in [-0.15, -0.1) is 0 Å². The van der Waals surface area contributed by atoms with E-state index in [1.54, 1.807) is 19.1 Å². The maximum atomic E-state index is 11.7. The number of anilines is 2. The fourth-order valence-corrected chi connectivity index (χ4v) is 1.73. The van der Waals surface area contributed by atoms with E-state index < -0.39 is 6.04 Å². The summed E-state index contributed by atoms with van der Waals surface area (Å²) in [6.07, 6.45) is 0. The zero-order valence-corrected chi connectivity index (χ0v) is 12.1. The molecule has 0 radical (unpaired) electrons. The van der Waals surface area contributed by atoms with Crippen molar-refractivity contribution in [1.82, 2.24) is 5.32 Å². The summed E-state index contributed by atoms with van der Waals surface area (Å²) in [6.45, 7) is 5.55. The molecule has 6 heteroatoms. The molecule has 0 aliphatic carbocycles. The minimum atomic E-state index is -0.410. The summed E-state index contributed by atoms with van der Waals surface area (Å²) in [6, 6.07) is 2.84. The number of nitrogens with two attached hydrogens (primary N) is 1. The number of hydrogen-bond acceptors (Lipinski definition) is 3. The van der Waals surface area contributed by atoms with Gasteiger partial charge in [-0.1, -0.05) is 23.2 Å². The van der Waals surface area contributed by atoms with E-state index in [1.165, 1.54) is 0 Å². The monoisotopic (exact) mass is 289 g/mol. The molecule has 100 valence electrons. The normalized spacial score (nSPS) is 12.3. The first-order valence-electron chi connectivity index (χ1n) is 5.62. The van der Waals surface area contributed by atoms with Crippen LogP contribution in [0.15, 0.2) is 12.1 Å². The number of carbonyl (C=O) groups is 1.